The zero-order chi connectivity index (χ0) is 12.1. The van der Waals surface area contributed by atoms with Crippen molar-refractivity contribution in [1.29, 1.82) is 0 Å². The fourth-order valence-electron chi connectivity index (χ4n) is 3.04. The minimum atomic E-state index is 0.456. The molecule has 0 saturated heterocycles. The van der Waals surface area contributed by atoms with Gasteiger partial charge in [-0.05, 0) is 31.6 Å². The van der Waals surface area contributed by atoms with Gasteiger partial charge in [-0.2, -0.15) is 0 Å². The van der Waals surface area contributed by atoms with E-state index in [2.05, 4.69) is 17.7 Å². The Morgan fingerprint density at radius 1 is 1.06 bits per heavy atom. The summed E-state index contributed by atoms with van der Waals surface area (Å²) in [6.07, 6.45) is 10.3. The number of rotatable bonds is 2. The first kappa shape index (κ1) is 12.7. The predicted molar refractivity (Wildman–Crippen MR) is 71.6 cm³/mol. The third-order valence-corrected chi connectivity index (χ3v) is 4.19. The molecule has 0 amide bonds. The molecule has 2 atom stereocenters. The number of nitrogens with two attached hydrogens (primary N) is 1. The third-order valence-electron chi connectivity index (χ3n) is 4.19. The summed E-state index contributed by atoms with van der Waals surface area (Å²) in [6, 6.07) is 1.02. The fraction of sp³-hybridized carbons (Fsp3) is 0.923. The maximum Gasteiger partial charge on any atom is 0.206 e. The molecule has 0 aromatic carbocycles. The van der Waals surface area contributed by atoms with E-state index in [1.54, 1.807) is 0 Å². The number of guanidine groups is 1. The van der Waals surface area contributed by atoms with E-state index in [0.29, 0.717) is 18.0 Å². The van der Waals surface area contributed by atoms with Gasteiger partial charge in [0.25, 0.3) is 0 Å². The first-order chi connectivity index (χ1) is 8.29. The minimum absolute atomic E-state index is 0.456. The second-order valence-corrected chi connectivity index (χ2v) is 5.58. The maximum atomic E-state index is 5.57. The number of aliphatic imine (C=N–C) groups is 1. The van der Waals surface area contributed by atoms with Crippen molar-refractivity contribution in [2.24, 2.45) is 16.8 Å². The molecule has 2 rings (SSSR count). The smallest absolute Gasteiger partial charge is 0.206 e. The molecule has 2 fully saturated rings. The standard InChI is InChI=1S/C13H26N4/c1-10-6-5-9-12(10)16-13(17-14)15-11-7-3-2-4-8-11/h10-12H,2-9,14H2,1H3,(H2,15,16,17). The monoisotopic (exact) mass is 238 g/mol. The Kier molecular flexibility index (Phi) is 4.66. The first-order valence-corrected chi connectivity index (χ1v) is 7.10. The molecule has 0 aromatic rings. The largest absolute Gasteiger partial charge is 0.353 e. The van der Waals surface area contributed by atoms with Crippen molar-refractivity contribution < 1.29 is 0 Å². The van der Waals surface area contributed by atoms with Crippen LogP contribution < -0.4 is 16.6 Å². The summed E-state index contributed by atoms with van der Waals surface area (Å²) in [5.74, 6) is 7.07. The average Bonchev–Trinajstić information content (AvgIpc) is 2.75. The quantitative estimate of drug-likeness (QED) is 0.298. The van der Waals surface area contributed by atoms with Gasteiger partial charge in [0.1, 0.15) is 0 Å². The Hall–Kier alpha value is -0.770. The van der Waals surface area contributed by atoms with Gasteiger partial charge in [-0.1, -0.05) is 32.6 Å². The molecule has 2 aliphatic carbocycles. The maximum absolute atomic E-state index is 5.57. The summed E-state index contributed by atoms with van der Waals surface area (Å²) in [7, 11) is 0. The van der Waals surface area contributed by atoms with Gasteiger partial charge in [-0.25, -0.2) is 10.8 Å². The first-order valence-electron chi connectivity index (χ1n) is 7.10. The van der Waals surface area contributed by atoms with Gasteiger partial charge in [-0.15, -0.1) is 0 Å². The Morgan fingerprint density at radius 2 is 1.82 bits per heavy atom. The summed E-state index contributed by atoms with van der Waals surface area (Å²) in [4.78, 5) is 4.74. The van der Waals surface area contributed by atoms with Crippen LogP contribution in [0.25, 0.3) is 0 Å². The Bertz CT molecular complexity index is 258. The third kappa shape index (κ3) is 3.60. The summed E-state index contributed by atoms with van der Waals surface area (Å²) >= 11 is 0. The van der Waals surface area contributed by atoms with Crippen LogP contribution in [0, 0.1) is 5.92 Å². The second-order valence-electron chi connectivity index (χ2n) is 5.58. The van der Waals surface area contributed by atoms with Crippen molar-refractivity contribution in [3.8, 4) is 0 Å². The van der Waals surface area contributed by atoms with Crippen LogP contribution in [0.3, 0.4) is 0 Å². The number of hydrogen-bond acceptors (Lipinski definition) is 2. The van der Waals surface area contributed by atoms with E-state index in [4.69, 9.17) is 10.8 Å². The van der Waals surface area contributed by atoms with Crippen LogP contribution in [0.1, 0.15) is 58.3 Å². The normalized spacial score (nSPS) is 31.5. The molecule has 98 valence electrons. The van der Waals surface area contributed by atoms with E-state index in [9.17, 15) is 0 Å². The topological polar surface area (TPSA) is 62.4 Å². The summed E-state index contributed by atoms with van der Waals surface area (Å²) in [5.41, 5.74) is 2.74. The lowest BCUT2D eigenvalue weighted by Crippen LogP contribution is -2.47. The van der Waals surface area contributed by atoms with E-state index in [1.807, 2.05) is 0 Å². The molecule has 4 nitrogen and oxygen atoms in total. The molecule has 0 bridgehead atoms. The van der Waals surface area contributed by atoms with E-state index >= 15 is 0 Å². The fourth-order valence-corrected chi connectivity index (χ4v) is 3.04. The lowest BCUT2D eigenvalue weighted by molar-refractivity contribution is 0.408. The van der Waals surface area contributed by atoms with Crippen LogP contribution in [0.5, 0.6) is 0 Å². The van der Waals surface area contributed by atoms with Gasteiger partial charge >= 0.3 is 0 Å². The summed E-state index contributed by atoms with van der Waals surface area (Å²) in [6.45, 7) is 2.29. The number of nitrogens with zero attached hydrogens (tertiary/aromatic N) is 1. The number of hydrazine groups is 1. The molecule has 17 heavy (non-hydrogen) atoms. The minimum Gasteiger partial charge on any atom is -0.353 e. The SMILES string of the molecule is CC1CCCC1N=C(NN)NC1CCCCC1. The van der Waals surface area contributed by atoms with Crippen molar-refractivity contribution in [3.05, 3.63) is 0 Å². The Morgan fingerprint density at radius 3 is 2.41 bits per heavy atom. The summed E-state index contributed by atoms with van der Waals surface area (Å²) in [5, 5.41) is 3.47. The van der Waals surface area contributed by atoms with Crippen LogP contribution in [0.15, 0.2) is 4.99 Å². The number of nitrogens with one attached hydrogen (secondary N) is 2. The lowest BCUT2D eigenvalue weighted by Gasteiger charge is -2.25. The van der Waals surface area contributed by atoms with E-state index in [0.717, 1.165) is 5.96 Å². The molecule has 4 N–H and O–H groups in total. The molecule has 2 saturated carbocycles. The van der Waals surface area contributed by atoms with Gasteiger partial charge in [0.2, 0.25) is 5.96 Å². The van der Waals surface area contributed by atoms with Gasteiger partial charge in [-0.3, -0.25) is 5.43 Å². The van der Waals surface area contributed by atoms with Crippen molar-refractivity contribution in [1.82, 2.24) is 10.7 Å². The van der Waals surface area contributed by atoms with Crippen molar-refractivity contribution in [3.63, 3.8) is 0 Å². The average molecular weight is 238 g/mol. The van der Waals surface area contributed by atoms with Crippen molar-refractivity contribution >= 4 is 5.96 Å². The molecule has 0 spiro atoms. The van der Waals surface area contributed by atoms with Gasteiger partial charge < -0.3 is 5.32 Å². The molecule has 2 unspecified atom stereocenters. The van der Waals surface area contributed by atoms with Crippen molar-refractivity contribution in [2.45, 2.75) is 70.4 Å². The molecule has 2 aliphatic rings. The number of hydrogen-bond donors (Lipinski definition) is 3. The van der Waals surface area contributed by atoms with Gasteiger partial charge in [0.05, 0.1) is 6.04 Å². The highest BCUT2D eigenvalue weighted by molar-refractivity contribution is 5.79. The van der Waals surface area contributed by atoms with Crippen LogP contribution in [0.2, 0.25) is 0 Å². The molecule has 0 heterocycles. The van der Waals surface area contributed by atoms with Crippen LogP contribution in [0.4, 0.5) is 0 Å². The lowest BCUT2D eigenvalue weighted by atomic mass is 9.96. The Balaban J connectivity index is 1.88. The Labute approximate surface area is 104 Å². The van der Waals surface area contributed by atoms with Crippen LogP contribution in [-0.2, 0) is 0 Å². The van der Waals surface area contributed by atoms with Gasteiger partial charge in [0, 0.05) is 6.04 Å². The highest BCUT2D eigenvalue weighted by Gasteiger charge is 2.23. The van der Waals surface area contributed by atoms with E-state index < -0.39 is 0 Å². The highest BCUT2D eigenvalue weighted by atomic mass is 15.3. The molecule has 4 heteroatoms. The molecular weight excluding hydrogens is 212 g/mol. The molecular formula is C13H26N4. The van der Waals surface area contributed by atoms with Crippen molar-refractivity contribution in [2.75, 3.05) is 0 Å². The van der Waals surface area contributed by atoms with E-state index in [1.165, 1.54) is 51.4 Å². The molecule has 0 aliphatic heterocycles. The van der Waals surface area contributed by atoms with Crippen LogP contribution in [-0.4, -0.2) is 18.0 Å². The predicted octanol–water partition coefficient (Wildman–Crippen LogP) is 1.92. The zero-order valence-electron chi connectivity index (χ0n) is 10.9. The molecule has 0 aromatic heterocycles. The molecule has 0 radical (unpaired) electrons. The van der Waals surface area contributed by atoms with E-state index in [-0.39, 0.29) is 0 Å². The van der Waals surface area contributed by atoms with Gasteiger partial charge in [0.15, 0.2) is 0 Å². The summed E-state index contributed by atoms with van der Waals surface area (Å²) < 4.78 is 0. The van der Waals surface area contributed by atoms with Crippen LogP contribution >= 0.6 is 0 Å². The zero-order valence-corrected chi connectivity index (χ0v) is 10.9. The second kappa shape index (κ2) is 6.24. The highest BCUT2D eigenvalue weighted by Crippen LogP contribution is 2.27.